The van der Waals surface area contributed by atoms with Crippen LogP contribution in [0.5, 0.6) is 0 Å². The molecule has 1 aromatic rings. The summed E-state index contributed by atoms with van der Waals surface area (Å²) in [6.07, 6.45) is 2.01. The lowest BCUT2D eigenvalue weighted by molar-refractivity contribution is 0.0935. The number of amides is 1. The second-order valence-corrected chi connectivity index (χ2v) is 5.78. The molecule has 0 heterocycles. The lowest BCUT2D eigenvalue weighted by Gasteiger charge is -2.14. The lowest BCUT2D eigenvalue weighted by atomic mass is 10.1. The van der Waals surface area contributed by atoms with Crippen molar-refractivity contribution in [2.45, 2.75) is 19.4 Å². The number of hydrogen-bond donors (Lipinski definition) is 2. The Morgan fingerprint density at radius 2 is 2.16 bits per heavy atom. The van der Waals surface area contributed by atoms with Crippen LogP contribution in [0.2, 0.25) is 0 Å². The van der Waals surface area contributed by atoms with Crippen molar-refractivity contribution >= 4 is 5.91 Å². The first-order chi connectivity index (χ1) is 9.04. The second-order valence-electron chi connectivity index (χ2n) is 5.78. The van der Waals surface area contributed by atoms with E-state index in [4.69, 9.17) is 0 Å². The third kappa shape index (κ3) is 3.78. The predicted molar refractivity (Wildman–Crippen MR) is 74.9 cm³/mol. The van der Waals surface area contributed by atoms with Crippen LogP contribution in [0.15, 0.2) is 24.3 Å². The van der Waals surface area contributed by atoms with Gasteiger partial charge < -0.3 is 15.3 Å². The van der Waals surface area contributed by atoms with Gasteiger partial charge in [-0.3, -0.25) is 4.79 Å². The SMILES string of the molecule is CN(C)Cc1cccc(C(=O)NCC2(CO)CC2)c1. The minimum absolute atomic E-state index is 0.0447. The zero-order chi connectivity index (χ0) is 13.9. The van der Waals surface area contributed by atoms with Crippen molar-refractivity contribution in [2.24, 2.45) is 5.41 Å². The van der Waals surface area contributed by atoms with Crippen molar-refractivity contribution in [3.05, 3.63) is 35.4 Å². The zero-order valence-electron chi connectivity index (χ0n) is 11.6. The molecule has 1 aliphatic carbocycles. The van der Waals surface area contributed by atoms with Gasteiger partial charge in [0, 0.05) is 24.1 Å². The Hall–Kier alpha value is -1.39. The van der Waals surface area contributed by atoms with Gasteiger partial charge in [-0.2, -0.15) is 0 Å². The van der Waals surface area contributed by atoms with Gasteiger partial charge in [-0.05, 0) is 44.6 Å². The molecule has 0 radical (unpaired) electrons. The van der Waals surface area contributed by atoms with Crippen LogP contribution in [-0.2, 0) is 6.54 Å². The van der Waals surface area contributed by atoms with E-state index in [9.17, 15) is 9.90 Å². The second kappa shape index (κ2) is 5.72. The van der Waals surface area contributed by atoms with E-state index in [-0.39, 0.29) is 17.9 Å². The van der Waals surface area contributed by atoms with E-state index in [1.54, 1.807) is 0 Å². The molecule has 104 valence electrons. The molecule has 1 aromatic carbocycles. The standard InChI is InChI=1S/C15H22N2O2/c1-17(2)9-12-4-3-5-13(8-12)14(19)16-10-15(11-18)6-7-15/h3-5,8,18H,6-7,9-11H2,1-2H3,(H,16,19). The maximum atomic E-state index is 12.1. The van der Waals surface area contributed by atoms with Gasteiger partial charge in [-0.1, -0.05) is 12.1 Å². The summed E-state index contributed by atoms with van der Waals surface area (Å²) in [6, 6.07) is 7.68. The number of hydrogen-bond acceptors (Lipinski definition) is 3. The minimum atomic E-state index is -0.0552. The highest BCUT2D eigenvalue weighted by atomic mass is 16.3. The van der Waals surface area contributed by atoms with Crippen LogP contribution in [0.4, 0.5) is 0 Å². The van der Waals surface area contributed by atoms with Gasteiger partial charge in [0.15, 0.2) is 0 Å². The Kier molecular flexibility index (Phi) is 4.22. The molecule has 2 N–H and O–H groups in total. The normalized spacial score (nSPS) is 16.4. The summed E-state index contributed by atoms with van der Waals surface area (Å²) in [4.78, 5) is 14.1. The summed E-state index contributed by atoms with van der Waals surface area (Å²) in [5.41, 5.74) is 1.77. The van der Waals surface area contributed by atoms with E-state index in [2.05, 4.69) is 10.2 Å². The average Bonchev–Trinajstić information content (AvgIpc) is 3.16. The quantitative estimate of drug-likeness (QED) is 0.811. The van der Waals surface area contributed by atoms with Crippen LogP contribution in [0.25, 0.3) is 0 Å². The molecule has 0 aliphatic heterocycles. The highest BCUT2D eigenvalue weighted by Crippen LogP contribution is 2.44. The molecule has 0 spiro atoms. The van der Waals surface area contributed by atoms with Crippen LogP contribution in [0.3, 0.4) is 0 Å². The minimum Gasteiger partial charge on any atom is -0.396 e. The first-order valence-electron chi connectivity index (χ1n) is 6.67. The van der Waals surface area contributed by atoms with Gasteiger partial charge in [0.2, 0.25) is 0 Å². The lowest BCUT2D eigenvalue weighted by Crippen LogP contribution is -2.31. The molecule has 0 saturated heterocycles. The van der Waals surface area contributed by atoms with Crippen molar-refractivity contribution < 1.29 is 9.90 Å². The number of carbonyl (C=O) groups excluding carboxylic acids is 1. The molecule has 0 unspecified atom stereocenters. The third-order valence-corrected chi connectivity index (χ3v) is 3.60. The topological polar surface area (TPSA) is 52.6 Å². The third-order valence-electron chi connectivity index (χ3n) is 3.60. The summed E-state index contributed by atoms with van der Waals surface area (Å²) < 4.78 is 0. The predicted octanol–water partition coefficient (Wildman–Crippen LogP) is 1.25. The number of nitrogens with one attached hydrogen (secondary N) is 1. The van der Waals surface area contributed by atoms with Crippen LogP contribution >= 0.6 is 0 Å². The molecule has 1 aliphatic rings. The first kappa shape index (κ1) is 14.0. The number of aliphatic hydroxyl groups is 1. The number of benzene rings is 1. The highest BCUT2D eigenvalue weighted by Gasteiger charge is 2.42. The Balaban J connectivity index is 1.95. The number of nitrogens with zero attached hydrogens (tertiary/aromatic N) is 1. The Bertz CT molecular complexity index is 453. The van der Waals surface area contributed by atoms with E-state index in [1.807, 2.05) is 38.4 Å². The summed E-state index contributed by atoms with van der Waals surface area (Å²) in [6.45, 7) is 1.55. The molecule has 0 aromatic heterocycles. The van der Waals surface area contributed by atoms with Crippen molar-refractivity contribution in [1.82, 2.24) is 10.2 Å². The van der Waals surface area contributed by atoms with Crippen LogP contribution in [-0.4, -0.2) is 43.2 Å². The van der Waals surface area contributed by atoms with Crippen molar-refractivity contribution in [3.8, 4) is 0 Å². The van der Waals surface area contributed by atoms with E-state index < -0.39 is 0 Å². The van der Waals surface area contributed by atoms with Crippen LogP contribution in [0.1, 0.15) is 28.8 Å². The largest absolute Gasteiger partial charge is 0.396 e. The summed E-state index contributed by atoms with van der Waals surface area (Å²) in [5.74, 6) is -0.0552. The van der Waals surface area contributed by atoms with Gasteiger partial charge in [0.1, 0.15) is 0 Å². The smallest absolute Gasteiger partial charge is 0.251 e. The first-order valence-corrected chi connectivity index (χ1v) is 6.67. The molecule has 0 atom stereocenters. The monoisotopic (exact) mass is 262 g/mol. The fourth-order valence-corrected chi connectivity index (χ4v) is 2.11. The molecule has 1 saturated carbocycles. The molecular formula is C15H22N2O2. The van der Waals surface area contributed by atoms with Gasteiger partial charge in [-0.25, -0.2) is 0 Å². The Morgan fingerprint density at radius 1 is 1.42 bits per heavy atom. The molecule has 4 heteroatoms. The molecule has 1 amide bonds. The van der Waals surface area contributed by atoms with Gasteiger partial charge in [0.05, 0.1) is 6.61 Å². The molecule has 4 nitrogen and oxygen atoms in total. The van der Waals surface area contributed by atoms with E-state index in [0.29, 0.717) is 12.1 Å². The maximum Gasteiger partial charge on any atom is 0.251 e. The summed E-state index contributed by atoms with van der Waals surface area (Å²) >= 11 is 0. The Morgan fingerprint density at radius 3 is 2.74 bits per heavy atom. The van der Waals surface area contributed by atoms with E-state index >= 15 is 0 Å². The molecular weight excluding hydrogens is 240 g/mol. The van der Waals surface area contributed by atoms with E-state index in [0.717, 1.165) is 24.9 Å². The maximum absolute atomic E-state index is 12.1. The van der Waals surface area contributed by atoms with Gasteiger partial charge in [-0.15, -0.1) is 0 Å². The van der Waals surface area contributed by atoms with Crippen molar-refractivity contribution in [3.63, 3.8) is 0 Å². The number of carbonyl (C=O) groups is 1. The number of rotatable bonds is 6. The van der Waals surface area contributed by atoms with E-state index in [1.165, 1.54) is 0 Å². The summed E-state index contributed by atoms with van der Waals surface area (Å²) in [7, 11) is 4.01. The Labute approximate surface area is 114 Å². The van der Waals surface area contributed by atoms with Crippen molar-refractivity contribution in [2.75, 3.05) is 27.2 Å². The van der Waals surface area contributed by atoms with Crippen LogP contribution < -0.4 is 5.32 Å². The molecule has 0 bridgehead atoms. The zero-order valence-corrected chi connectivity index (χ0v) is 11.6. The van der Waals surface area contributed by atoms with Crippen molar-refractivity contribution in [1.29, 1.82) is 0 Å². The molecule has 2 rings (SSSR count). The molecule has 1 fully saturated rings. The molecule has 19 heavy (non-hydrogen) atoms. The van der Waals surface area contributed by atoms with Gasteiger partial charge in [0.25, 0.3) is 5.91 Å². The van der Waals surface area contributed by atoms with Crippen LogP contribution in [0, 0.1) is 5.41 Å². The average molecular weight is 262 g/mol. The fourth-order valence-electron chi connectivity index (χ4n) is 2.11. The highest BCUT2D eigenvalue weighted by molar-refractivity contribution is 5.94. The number of aliphatic hydroxyl groups excluding tert-OH is 1. The summed E-state index contributed by atoms with van der Waals surface area (Å²) in [5, 5.41) is 12.1. The fraction of sp³-hybridized carbons (Fsp3) is 0.533. The van der Waals surface area contributed by atoms with Gasteiger partial charge >= 0.3 is 0 Å².